The number of carbonyl (C=O) groups excluding carboxylic acids is 1. The third-order valence-corrected chi connectivity index (χ3v) is 9.21. The van der Waals surface area contributed by atoms with Crippen LogP contribution >= 0.6 is 0 Å². The Morgan fingerprint density at radius 2 is 1.14 bits per heavy atom. The zero-order valence-electron chi connectivity index (χ0n) is 33.2. The van der Waals surface area contributed by atoms with Gasteiger partial charge in [0.2, 0.25) is 0 Å². The fourth-order valence-corrected chi connectivity index (χ4v) is 5.87. The van der Waals surface area contributed by atoms with Gasteiger partial charge >= 0.3 is 18.0 Å². The smallest absolute Gasteiger partial charge is 0.459 e. The summed E-state index contributed by atoms with van der Waals surface area (Å²) in [7, 11) is 3.16. The van der Waals surface area contributed by atoms with E-state index in [1.54, 1.807) is 50.6 Å². The largest absolute Gasteiger partial charge is 0.497 e. The minimum absolute atomic E-state index is 0.301. The average Bonchev–Trinajstić information content (AvgIpc) is 3.53. The van der Waals surface area contributed by atoms with Crippen LogP contribution in [0.15, 0.2) is 136 Å². The quantitative estimate of drug-likeness (QED) is 0.0539. The van der Waals surface area contributed by atoms with Crippen molar-refractivity contribution in [3.8, 4) is 41.2 Å². The first kappa shape index (κ1) is 46.2. The zero-order valence-corrected chi connectivity index (χ0v) is 33.2. The molecule has 1 aliphatic heterocycles. The van der Waals surface area contributed by atoms with Gasteiger partial charge in [-0.3, -0.25) is 9.69 Å². The average molecular weight is 874 g/mol. The minimum Gasteiger partial charge on any atom is -0.497 e. The van der Waals surface area contributed by atoms with Crippen LogP contribution in [0.4, 0.5) is 47.8 Å². The number of carbonyl (C=O) groups is 1. The highest BCUT2D eigenvalue weighted by molar-refractivity contribution is 6.05. The van der Waals surface area contributed by atoms with Crippen LogP contribution < -0.4 is 23.8 Å². The number of allylic oxidation sites excluding steroid dienone is 2. The van der Waals surface area contributed by atoms with Crippen LogP contribution in [0, 0.1) is 34.0 Å². The maximum absolute atomic E-state index is 14.4. The van der Waals surface area contributed by atoms with Gasteiger partial charge in [0, 0.05) is 5.69 Å². The lowest BCUT2D eigenvalue weighted by Gasteiger charge is -2.31. The van der Waals surface area contributed by atoms with Crippen molar-refractivity contribution in [3.05, 3.63) is 131 Å². The molecule has 0 saturated carbocycles. The topological polar surface area (TPSA) is 157 Å². The molecule has 4 aromatic rings. The molecule has 0 saturated heterocycles. The molecule has 0 radical (unpaired) electrons. The second-order valence-corrected chi connectivity index (χ2v) is 13.2. The van der Waals surface area contributed by atoms with Gasteiger partial charge in [0.15, 0.2) is 5.57 Å². The summed E-state index contributed by atoms with van der Waals surface area (Å²) in [6, 6.07) is 31.7. The Hall–Kier alpha value is -7.85. The number of azo groups is 1. The fourth-order valence-electron chi connectivity index (χ4n) is 5.87. The van der Waals surface area contributed by atoms with Crippen molar-refractivity contribution in [2.24, 2.45) is 10.2 Å². The van der Waals surface area contributed by atoms with Gasteiger partial charge in [-0.2, -0.15) is 56.7 Å². The van der Waals surface area contributed by atoms with E-state index >= 15 is 0 Å². The first-order chi connectivity index (χ1) is 30.0. The van der Waals surface area contributed by atoms with Crippen molar-refractivity contribution in [1.29, 1.82) is 15.8 Å². The molecule has 0 spiro atoms. The molecular weight excluding hydrogens is 840 g/mol. The molecule has 324 valence electrons. The molecule has 1 heterocycles. The van der Waals surface area contributed by atoms with Gasteiger partial charge in [0.05, 0.1) is 62.1 Å². The molecule has 0 unspecified atom stereocenters. The van der Waals surface area contributed by atoms with Crippen LogP contribution in [0.1, 0.15) is 5.56 Å². The van der Waals surface area contributed by atoms with E-state index in [2.05, 4.69) is 15.1 Å². The molecule has 1 aliphatic rings. The first-order valence-electron chi connectivity index (χ1n) is 18.5. The highest BCUT2D eigenvalue weighted by Crippen LogP contribution is 2.48. The van der Waals surface area contributed by atoms with Crippen molar-refractivity contribution < 1.29 is 54.5 Å². The monoisotopic (exact) mass is 873 g/mol. The summed E-state index contributed by atoms with van der Waals surface area (Å²) < 4.78 is 117. The van der Waals surface area contributed by atoms with E-state index in [-0.39, 0.29) is 4.90 Å². The number of nitrogens with zero attached hydrogens (tertiary/aromatic N) is 7. The van der Waals surface area contributed by atoms with Crippen molar-refractivity contribution >= 4 is 29.0 Å². The number of hydrogen-bond acceptors (Lipinski definition) is 11. The number of alkyl halides is 7. The van der Waals surface area contributed by atoms with Crippen molar-refractivity contribution in [2.45, 2.75) is 18.0 Å². The second-order valence-electron chi connectivity index (χ2n) is 13.2. The lowest BCUT2D eigenvalue weighted by Crippen LogP contribution is -2.57. The molecule has 0 bridgehead atoms. The summed E-state index contributed by atoms with van der Waals surface area (Å²) in [5.74, 6) is -11.4. The van der Waals surface area contributed by atoms with E-state index in [9.17, 15) is 51.3 Å². The number of benzene rings is 4. The Labute approximate surface area is 356 Å². The minimum atomic E-state index is -6.71. The molecular formula is C44H34F7N7O5. The lowest BCUT2D eigenvalue weighted by atomic mass is 10.1. The van der Waals surface area contributed by atoms with Crippen molar-refractivity contribution in [3.63, 3.8) is 0 Å². The fraction of sp³-hybridized carbons (Fsp3) is 0.227. The van der Waals surface area contributed by atoms with Gasteiger partial charge in [0.1, 0.15) is 54.4 Å². The predicted octanol–water partition coefficient (Wildman–Crippen LogP) is 9.89. The molecule has 0 N–H and O–H groups in total. The maximum Gasteiger partial charge on any atom is 0.459 e. The molecule has 0 aromatic heterocycles. The van der Waals surface area contributed by atoms with Gasteiger partial charge in [-0.25, -0.2) is 0 Å². The van der Waals surface area contributed by atoms with Gasteiger partial charge < -0.3 is 23.8 Å². The Morgan fingerprint density at radius 3 is 1.57 bits per heavy atom. The number of ether oxygens (including phenoxy) is 4. The SMILES string of the molecule is COc1ccc(OCCN(CCOc2ccc(OC)cc2)c2ccc(/N=N/c3ccc(/C=C/C4=C(C#N)C(=C(C#N)C#N)N(CC(F)(F)C(F)(F)C(F)(F)F)C4=O)cc3)cc2)cc1. The Kier molecular flexibility index (Phi) is 14.8. The van der Waals surface area contributed by atoms with Crippen molar-refractivity contribution in [1.82, 2.24) is 4.90 Å². The van der Waals surface area contributed by atoms with Gasteiger partial charge in [0.25, 0.3) is 5.91 Å². The van der Waals surface area contributed by atoms with Gasteiger partial charge in [-0.1, -0.05) is 18.2 Å². The van der Waals surface area contributed by atoms with Crippen LogP contribution in [-0.4, -0.2) is 75.9 Å². The van der Waals surface area contributed by atoms with E-state index < -0.39 is 52.9 Å². The Bertz CT molecular complexity index is 2430. The summed E-state index contributed by atoms with van der Waals surface area (Å²) in [6.07, 6.45) is -4.58. The summed E-state index contributed by atoms with van der Waals surface area (Å²) in [4.78, 5) is 15.0. The van der Waals surface area contributed by atoms with E-state index in [1.807, 2.05) is 36.4 Å². The molecule has 0 aliphatic carbocycles. The van der Waals surface area contributed by atoms with Crippen LogP contribution in [0.25, 0.3) is 6.08 Å². The number of halogens is 7. The van der Waals surface area contributed by atoms with Gasteiger partial charge in [-0.15, -0.1) is 0 Å². The molecule has 4 aromatic carbocycles. The second kappa shape index (κ2) is 20.1. The number of amides is 1. The van der Waals surface area contributed by atoms with Crippen LogP contribution in [0.3, 0.4) is 0 Å². The number of anilines is 1. The maximum atomic E-state index is 14.4. The Morgan fingerprint density at radius 1 is 0.683 bits per heavy atom. The molecule has 12 nitrogen and oxygen atoms in total. The third kappa shape index (κ3) is 11.1. The Balaban J connectivity index is 1.27. The number of hydrogen-bond donors (Lipinski definition) is 0. The number of rotatable bonds is 18. The van der Waals surface area contributed by atoms with E-state index in [4.69, 9.17) is 18.9 Å². The van der Waals surface area contributed by atoms with E-state index in [0.717, 1.165) is 11.8 Å². The predicted molar refractivity (Wildman–Crippen MR) is 214 cm³/mol. The molecule has 0 atom stereocenters. The number of methoxy groups -OCH3 is 2. The standard InChI is InChI=1S/C44H34F7N7O5/c1-60-34-12-16-36(17-13-34)62-23-21-57(22-24-63-37-18-14-35(61-2)15-19-37)33-10-8-32(9-11-33)56-55-31-6-3-29(4-7-31)5-20-38-39(27-54)40(30(25-52)26-53)58(41(38)59)28-42(45,46)43(47,48)44(49,50)51/h3-20H,21-24,28H2,1-2H3/b20-5+,56-55+. The molecule has 1 amide bonds. The van der Waals surface area contributed by atoms with Crippen LogP contribution in [0.2, 0.25) is 0 Å². The summed E-state index contributed by atoms with van der Waals surface area (Å²) in [5.41, 5.74) is -1.79. The molecule has 19 heteroatoms. The first-order valence-corrected chi connectivity index (χ1v) is 18.5. The summed E-state index contributed by atoms with van der Waals surface area (Å²) in [6.45, 7) is -0.848. The van der Waals surface area contributed by atoms with Crippen LogP contribution in [0.5, 0.6) is 23.0 Å². The highest BCUT2D eigenvalue weighted by atomic mass is 19.4. The van der Waals surface area contributed by atoms with Crippen LogP contribution in [-0.2, 0) is 4.79 Å². The zero-order chi connectivity index (χ0) is 45.8. The molecule has 5 rings (SSSR count). The van der Waals surface area contributed by atoms with Gasteiger partial charge in [-0.05, 0) is 96.6 Å². The highest BCUT2D eigenvalue weighted by Gasteiger charge is 2.73. The molecule has 63 heavy (non-hydrogen) atoms. The normalized spacial score (nSPS) is 13.2. The summed E-state index contributed by atoms with van der Waals surface area (Å²) in [5, 5.41) is 36.9. The van der Waals surface area contributed by atoms with Crippen molar-refractivity contribution in [2.75, 3.05) is 52.0 Å². The number of nitriles is 3. The lowest BCUT2D eigenvalue weighted by molar-refractivity contribution is -0.355. The summed E-state index contributed by atoms with van der Waals surface area (Å²) >= 11 is 0. The van der Waals surface area contributed by atoms with E-state index in [0.29, 0.717) is 66.2 Å². The molecule has 0 fully saturated rings. The third-order valence-electron chi connectivity index (χ3n) is 9.21. The van der Waals surface area contributed by atoms with E-state index in [1.165, 1.54) is 48.5 Å².